The van der Waals surface area contributed by atoms with E-state index in [2.05, 4.69) is 0 Å². The molecule has 0 unspecified atom stereocenters. The zero-order chi connectivity index (χ0) is 16.8. The number of amides is 3. The molecule has 0 fully saturated rings. The summed E-state index contributed by atoms with van der Waals surface area (Å²) < 4.78 is 35.7. The lowest BCUT2D eigenvalue weighted by molar-refractivity contribution is -0.125. The monoisotopic (exact) mass is 317 g/mol. The molecule has 0 saturated carbocycles. The van der Waals surface area contributed by atoms with E-state index in [-0.39, 0.29) is 6.54 Å². The van der Waals surface area contributed by atoms with Crippen LogP contribution in [-0.4, -0.2) is 43.2 Å². The van der Waals surface area contributed by atoms with E-state index in [1.165, 1.54) is 0 Å². The number of carbonyl (C=O) groups excluding carboxylic acids is 2. The molecule has 0 aliphatic carbocycles. The maximum absolute atomic E-state index is 11.9. The van der Waals surface area contributed by atoms with Crippen LogP contribution in [0.15, 0.2) is 24.3 Å². The zero-order valence-electron chi connectivity index (χ0n) is 12.3. The van der Waals surface area contributed by atoms with Gasteiger partial charge < -0.3 is 5.32 Å². The molecule has 0 heterocycles. The van der Waals surface area contributed by atoms with Crippen LogP contribution >= 0.6 is 0 Å². The minimum absolute atomic E-state index is 0.103. The summed E-state index contributed by atoms with van der Waals surface area (Å²) in [6, 6.07) is 6.47. The van der Waals surface area contributed by atoms with Crippen LogP contribution < -0.4 is 10.6 Å². The highest BCUT2D eigenvalue weighted by Crippen LogP contribution is 2.12. The summed E-state index contributed by atoms with van der Waals surface area (Å²) in [6.45, 7) is 0.844. The number of alkyl halides is 3. The molecule has 0 saturated heterocycles. The Morgan fingerprint density at radius 2 is 1.86 bits per heavy atom. The topological polar surface area (TPSA) is 61.4 Å². The number of benzene rings is 1. The Labute approximate surface area is 126 Å². The highest BCUT2D eigenvalue weighted by molar-refractivity contribution is 5.95. The Balaban J connectivity index is 2.38. The van der Waals surface area contributed by atoms with E-state index in [1.807, 2.05) is 36.5 Å². The Morgan fingerprint density at radius 1 is 1.23 bits per heavy atom. The fraction of sp³-hybridized carbons (Fsp3) is 0.429. The number of rotatable bonds is 5. The van der Waals surface area contributed by atoms with Crippen molar-refractivity contribution in [1.29, 1.82) is 0 Å². The van der Waals surface area contributed by atoms with Crippen molar-refractivity contribution >= 4 is 11.9 Å². The summed E-state index contributed by atoms with van der Waals surface area (Å²) in [6.07, 6.45) is -4.51. The van der Waals surface area contributed by atoms with Crippen molar-refractivity contribution < 1.29 is 22.8 Å². The van der Waals surface area contributed by atoms with Crippen molar-refractivity contribution in [2.75, 3.05) is 20.1 Å². The Kier molecular flexibility index (Phi) is 6.36. The molecule has 3 amide bonds. The molecule has 1 aromatic carbocycles. The van der Waals surface area contributed by atoms with Gasteiger partial charge in [-0.3, -0.25) is 15.0 Å². The molecule has 5 nitrogen and oxygen atoms in total. The van der Waals surface area contributed by atoms with E-state index in [9.17, 15) is 22.8 Å². The molecule has 22 heavy (non-hydrogen) atoms. The first-order valence-corrected chi connectivity index (χ1v) is 6.55. The number of urea groups is 1. The summed E-state index contributed by atoms with van der Waals surface area (Å²) in [4.78, 5) is 24.4. The lowest BCUT2D eigenvalue weighted by atomic mass is 10.1. The third-order valence-corrected chi connectivity index (χ3v) is 2.82. The Hall–Kier alpha value is -2.09. The lowest BCUT2D eigenvalue weighted by Gasteiger charge is -2.17. The van der Waals surface area contributed by atoms with Gasteiger partial charge in [0.25, 0.3) is 0 Å². The minimum atomic E-state index is -4.51. The molecule has 0 atom stereocenters. The van der Waals surface area contributed by atoms with Gasteiger partial charge in [-0.05, 0) is 25.1 Å². The molecular weight excluding hydrogens is 299 g/mol. The van der Waals surface area contributed by atoms with Crippen molar-refractivity contribution in [2.24, 2.45) is 0 Å². The molecule has 2 N–H and O–H groups in total. The van der Waals surface area contributed by atoms with Crippen molar-refractivity contribution in [3.63, 3.8) is 0 Å². The fourth-order valence-electron chi connectivity index (χ4n) is 1.77. The van der Waals surface area contributed by atoms with Crippen LogP contribution in [0.4, 0.5) is 18.0 Å². The van der Waals surface area contributed by atoms with Crippen molar-refractivity contribution in [3.8, 4) is 0 Å². The normalized spacial score (nSPS) is 11.4. The second-order valence-electron chi connectivity index (χ2n) is 4.94. The van der Waals surface area contributed by atoms with Crippen LogP contribution in [0, 0.1) is 6.92 Å². The molecule has 0 spiro atoms. The Morgan fingerprint density at radius 3 is 2.45 bits per heavy atom. The minimum Gasteiger partial charge on any atom is -0.329 e. The van der Waals surface area contributed by atoms with Gasteiger partial charge in [-0.1, -0.05) is 24.3 Å². The highest BCUT2D eigenvalue weighted by atomic mass is 19.4. The second kappa shape index (κ2) is 7.79. The zero-order valence-corrected chi connectivity index (χ0v) is 12.3. The molecule has 0 aliphatic rings. The first-order chi connectivity index (χ1) is 10.2. The molecule has 0 bridgehead atoms. The van der Waals surface area contributed by atoms with Crippen LogP contribution in [0.2, 0.25) is 0 Å². The van der Waals surface area contributed by atoms with Crippen LogP contribution in [0.3, 0.4) is 0 Å². The standard InChI is InChI=1S/C14H18F3N3O2/c1-10-5-3-4-6-11(10)7-20(2)8-12(21)19-13(22)18-9-14(15,16)17/h3-6H,7-9H2,1-2H3,(H2,18,19,21,22). The van der Waals surface area contributed by atoms with Gasteiger partial charge in [0, 0.05) is 6.54 Å². The van der Waals surface area contributed by atoms with Crippen LogP contribution in [0.25, 0.3) is 0 Å². The second-order valence-corrected chi connectivity index (χ2v) is 4.94. The van der Waals surface area contributed by atoms with E-state index in [4.69, 9.17) is 0 Å². The third-order valence-electron chi connectivity index (χ3n) is 2.82. The highest BCUT2D eigenvalue weighted by Gasteiger charge is 2.28. The maximum Gasteiger partial charge on any atom is 0.405 e. The summed E-state index contributed by atoms with van der Waals surface area (Å²) >= 11 is 0. The van der Waals surface area contributed by atoms with Gasteiger partial charge in [0.1, 0.15) is 6.54 Å². The van der Waals surface area contributed by atoms with E-state index in [0.29, 0.717) is 6.54 Å². The van der Waals surface area contributed by atoms with Crippen LogP contribution in [0.5, 0.6) is 0 Å². The summed E-state index contributed by atoms with van der Waals surface area (Å²) in [5.74, 6) is -0.671. The van der Waals surface area contributed by atoms with E-state index in [1.54, 1.807) is 17.3 Å². The summed E-state index contributed by atoms with van der Waals surface area (Å²) in [5.41, 5.74) is 2.09. The molecule has 0 aliphatic heterocycles. The third kappa shape index (κ3) is 7.07. The number of nitrogens with zero attached hydrogens (tertiary/aromatic N) is 1. The largest absolute Gasteiger partial charge is 0.405 e. The smallest absolute Gasteiger partial charge is 0.329 e. The predicted octanol–water partition coefficient (Wildman–Crippen LogP) is 1.81. The summed E-state index contributed by atoms with van der Waals surface area (Å²) in [5, 5.41) is 3.42. The number of halogens is 3. The predicted molar refractivity (Wildman–Crippen MR) is 75.1 cm³/mol. The van der Waals surface area contributed by atoms with Crippen LogP contribution in [-0.2, 0) is 11.3 Å². The number of imide groups is 1. The van der Waals surface area contributed by atoms with Gasteiger partial charge in [0.15, 0.2) is 0 Å². The number of nitrogens with one attached hydrogen (secondary N) is 2. The average Bonchev–Trinajstić information content (AvgIpc) is 2.38. The van der Waals surface area contributed by atoms with Crippen molar-refractivity contribution in [3.05, 3.63) is 35.4 Å². The molecular formula is C14H18F3N3O2. The molecule has 8 heteroatoms. The van der Waals surface area contributed by atoms with Gasteiger partial charge in [-0.15, -0.1) is 0 Å². The van der Waals surface area contributed by atoms with E-state index in [0.717, 1.165) is 11.1 Å². The average molecular weight is 317 g/mol. The molecule has 0 radical (unpaired) electrons. The number of likely N-dealkylation sites (N-methyl/N-ethyl adjacent to an activating group) is 1. The molecule has 1 rings (SSSR count). The van der Waals surface area contributed by atoms with Gasteiger partial charge in [-0.2, -0.15) is 13.2 Å². The molecule has 0 aromatic heterocycles. The van der Waals surface area contributed by atoms with Gasteiger partial charge in [0.05, 0.1) is 6.54 Å². The summed E-state index contributed by atoms with van der Waals surface area (Å²) in [7, 11) is 1.68. The first-order valence-electron chi connectivity index (χ1n) is 6.55. The number of aryl methyl sites for hydroxylation is 1. The quantitative estimate of drug-likeness (QED) is 0.871. The van der Waals surface area contributed by atoms with Crippen molar-refractivity contribution in [2.45, 2.75) is 19.6 Å². The van der Waals surface area contributed by atoms with E-state index >= 15 is 0 Å². The number of hydrogen-bond acceptors (Lipinski definition) is 3. The maximum atomic E-state index is 11.9. The van der Waals surface area contributed by atoms with Gasteiger partial charge in [-0.25, -0.2) is 4.79 Å². The molecule has 1 aromatic rings. The number of hydrogen-bond donors (Lipinski definition) is 2. The first kappa shape index (κ1) is 18.0. The lowest BCUT2D eigenvalue weighted by Crippen LogP contribution is -2.46. The molecule has 122 valence electrons. The van der Waals surface area contributed by atoms with Gasteiger partial charge >= 0.3 is 12.2 Å². The SMILES string of the molecule is Cc1ccccc1CN(C)CC(=O)NC(=O)NCC(F)(F)F. The van der Waals surface area contributed by atoms with E-state index < -0.39 is 24.7 Å². The van der Waals surface area contributed by atoms with Crippen LogP contribution in [0.1, 0.15) is 11.1 Å². The number of carbonyl (C=O) groups is 2. The van der Waals surface area contributed by atoms with Gasteiger partial charge in [0.2, 0.25) is 5.91 Å². The fourth-order valence-corrected chi connectivity index (χ4v) is 1.77. The Bertz CT molecular complexity index is 532. The van der Waals surface area contributed by atoms with Crippen molar-refractivity contribution in [1.82, 2.24) is 15.5 Å².